The summed E-state index contributed by atoms with van der Waals surface area (Å²) >= 11 is 7.35. The van der Waals surface area contributed by atoms with E-state index in [9.17, 15) is 4.79 Å². The van der Waals surface area contributed by atoms with E-state index in [1.165, 1.54) is 11.9 Å². The Morgan fingerprint density at radius 3 is 2.70 bits per heavy atom. The summed E-state index contributed by atoms with van der Waals surface area (Å²) < 4.78 is 1.88. The van der Waals surface area contributed by atoms with Gasteiger partial charge in [-0.15, -0.1) is 0 Å². The molecule has 3 rings (SSSR count). The minimum Gasteiger partial charge on any atom is -0.478 e. The van der Waals surface area contributed by atoms with Crippen LogP contribution in [0.15, 0.2) is 53.6 Å². The van der Waals surface area contributed by atoms with Gasteiger partial charge in [-0.2, -0.15) is 0 Å². The predicted octanol–water partition coefficient (Wildman–Crippen LogP) is 3.94. The third kappa shape index (κ3) is 2.37. The second-order valence-electron chi connectivity index (χ2n) is 4.08. The molecule has 1 aromatic carbocycles. The third-order valence-electron chi connectivity index (χ3n) is 2.77. The third-order valence-corrected chi connectivity index (χ3v) is 4.05. The quantitative estimate of drug-likeness (QED) is 0.745. The van der Waals surface area contributed by atoms with Crippen molar-refractivity contribution in [3.63, 3.8) is 0 Å². The molecule has 6 heteroatoms. The number of carbonyl (C=O) groups is 1. The number of aromatic nitrogens is 2. The van der Waals surface area contributed by atoms with Crippen LogP contribution in [0.5, 0.6) is 0 Å². The Bertz CT molecular complexity index is 786. The number of benzene rings is 1. The van der Waals surface area contributed by atoms with Crippen LogP contribution in [0.2, 0.25) is 5.15 Å². The molecule has 100 valence electrons. The first kappa shape index (κ1) is 13.0. The molecule has 3 aromatic rings. The molecule has 0 spiro atoms. The summed E-state index contributed by atoms with van der Waals surface area (Å²) in [5, 5.41) is 9.11. The number of carboxylic acid groups (broad SMARTS) is 1. The van der Waals surface area contributed by atoms with E-state index < -0.39 is 5.97 Å². The van der Waals surface area contributed by atoms with Gasteiger partial charge >= 0.3 is 5.97 Å². The molecule has 0 aliphatic carbocycles. The van der Waals surface area contributed by atoms with E-state index in [0.717, 1.165) is 10.4 Å². The van der Waals surface area contributed by atoms with E-state index in [1.807, 2.05) is 46.6 Å². The zero-order valence-corrected chi connectivity index (χ0v) is 11.7. The van der Waals surface area contributed by atoms with Gasteiger partial charge in [0.15, 0.2) is 0 Å². The molecule has 0 saturated carbocycles. The Hall–Kier alpha value is -1.98. The van der Waals surface area contributed by atoms with Crippen molar-refractivity contribution in [1.82, 2.24) is 8.96 Å². The Labute approximate surface area is 124 Å². The molecule has 2 heterocycles. The molecule has 0 saturated heterocycles. The van der Waals surface area contributed by atoms with Crippen LogP contribution < -0.4 is 0 Å². The topological polar surface area (TPSA) is 55.1 Å². The minimum atomic E-state index is -1.08. The molecule has 0 aliphatic rings. The zero-order chi connectivity index (χ0) is 14.1. The standard InChI is InChI=1S/C14H9ClN2O2S/c15-13-10(14(18)19)8-12-11(16-13)6-7-17(12)20-9-4-2-1-3-5-9/h1-8H,(H,18,19). The Morgan fingerprint density at radius 1 is 1.25 bits per heavy atom. The molecule has 2 aromatic heterocycles. The average Bonchev–Trinajstić information content (AvgIpc) is 2.81. The van der Waals surface area contributed by atoms with Gasteiger partial charge in [-0.3, -0.25) is 3.97 Å². The Morgan fingerprint density at radius 2 is 2.00 bits per heavy atom. The fraction of sp³-hybridized carbons (Fsp3) is 0. The van der Waals surface area contributed by atoms with Crippen molar-refractivity contribution in [1.29, 1.82) is 0 Å². The monoisotopic (exact) mass is 304 g/mol. The summed E-state index contributed by atoms with van der Waals surface area (Å²) in [7, 11) is 0. The van der Waals surface area contributed by atoms with Crippen LogP contribution in [0.3, 0.4) is 0 Å². The van der Waals surface area contributed by atoms with Gasteiger partial charge in [0.2, 0.25) is 0 Å². The maximum absolute atomic E-state index is 11.1. The first-order valence-electron chi connectivity index (χ1n) is 5.79. The van der Waals surface area contributed by atoms with Crippen molar-refractivity contribution in [2.45, 2.75) is 4.90 Å². The van der Waals surface area contributed by atoms with Crippen molar-refractivity contribution in [3.05, 3.63) is 59.4 Å². The number of hydrogen-bond donors (Lipinski definition) is 1. The fourth-order valence-corrected chi connectivity index (χ4v) is 2.93. The number of rotatable bonds is 3. The van der Waals surface area contributed by atoms with Gasteiger partial charge in [0.05, 0.1) is 16.6 Å². The summed E-state index contributed by atoms with van der Waals surface area (Å²) in [5.74, 6) is -1.08. The maximum Gasteiger partial charge on any atom is 0.338 e. The summed E-state index contributed by atoms with van der Waals surface area (Å²) in [6.45, 7) is 0. The van der Waals surface area contributed by atoms with Crippen LogP contribution in [-0.2, 0) is 0 Å². The lowest BCUT2D eigenvalue weighted by atomic mass is 10.2. The lowest BCUT2D eigenvalue weighted by Gasteiger charge is -2.05. The molecule has 0 aliphatic heterocycles. The summed E-state index contributed by atoms with van der Waals surface area (Å²) in [5.41, 5.74) is 1.40. The molecule has 20 heavy (non-hydrogen) atoms. The highest BCUT2D eigenvalue weighted by Crippen LogP contribution is 2.28. The number of pyridine rings is 1. The minimum absolute atomic E-state index is 0.00691. The number of hydrogen-bond acceptors (Lipinski definition) is 3. The number of halogens is 1. The molecule has 4 nitrogen and oxygen atoms in total. The molecule has 0 radical (unpaired) electrons. The van der Waals surface area contributed by atoms with Crippen LogP contribution in [0.1, 0.15) is 10.4 Å². The number of nitrogens with zero attached hydrogens (tertiary/aromatic N) is 2. The first-order chi connectivity index (χ1) is 9.65. The molecular weight excluding hydrogens is 296 g/mol. The predicted molar refractivity (Wildman–Crippen MR) is 79.4 cm³/mol. The van der Waals surface area contributed by atoms with Gasteiger partial charge in [0, 0.05) is 11.1 Å². The molecule has 0 atom stereocenters. The first-order valence-corrected chi connectivity index (χ1v) is 6.94. The van der Waals surface area contributed by atoms with Gasteiger partial charge < -0.3 is 5.11 Å². The number of fused-ring (bicyclic) bond motifs is 1. The molecule has 1 N–H and O–H groups in total. The lowest BCUT2D eigenvalue weighted by molar-refractivity contribution is 0.0697. The van der Waals surface area contributed by atoms with Crippen LogP contribution in [0, 0.1) is 0 Å². The van der Waals surface area contributed by atoms with Gasteiger partial charge in [-0.25, -0.2) is 9.78 Å². The van der Waals surface area contributed by atoms with E-state index in [2.05, 4.69) is 4.98 Å². The van der Waals surface area contributed by atoms with Crippen molar-refractivity contribution < 1.29 is 9.90 Å². The van der Waals surface area contributed by atoms with E-state index in [4.69, 9.17) is 16.7 Å². The highest BCUT2D eigenvalue weighted by Gasteiger charge is 2.14. The summed E-state index contributed by atoms with van der Waals surface area (Å²) in [6.07, 6.45) is 1.84. The van der Waals surface area contributed by atoms with E-state index >= 15 is 0 Å². The van der Waals surface area contributed by atoms with Crippen LogP contribution in [0.4, 0.5) is 0 Å². The average molecular weight is 305 g/mol. The lowest BCUT2D eigenvalue weighted by Crippen LogP contribution is -1.99. The smallest absolute Gasteiger partial charge is 0.338 e. The van der Waals surface area contributed by atoms with Crippen molar-refractivity contribution in [2.75, 3.05) is 0 Å². The second-order valence-corrected chi connectivity index (χ2v) is 5.49. The molecule has 0 unspecified atom stereocenters. The van der Waals surface area contributed by atoms with Crippen molar-refractivity contribution >= 4 is 40.6 Å². The summed E-state index contributed by atoms with van der Waals surface area (Å²) in [4.78, 5) is 16.3. The number of aromatic carboxylic acids is 1. The Kier molecular flexibility index (Phi) is 3.38. The fourth-order valence-electron chi connectivity index (χ4n) is 1.84. The van der Waals surface area contributed by atoms with Crippen LogP contribution in [0.25, 0.3) is 11.0 Å². The van der Waals surface area contributed by atoms with E-state index in [1.54, 1.807) is 6.07 Å². The normalized spacial score (nSPS) is 10.8. The van der Waals surface area contributed by atoms with Crippen LogP contribution >= 0.6 is 23.5 Å². The highest BCUT2D eigenvalue weighted by atomic mass is 35.5. The summed E-state index contributed by atoms with van der Waals surface area (Å²) in [6, 6.07) is 13.2. The molecule has 0 bridgehead atoms. The zero-order valence-electron chi connectivity index (χ0n) is 10.2. The largest absolute Gasteiger partial charge is 0.478 e. The molecule has 0 fully saturated rings. The Balaban J connectivity index is 2.08. The highest BCUT2D eigenvalue weighted by molar-refractivity contribution is 7.98. The van der Waals surface area contributed by atoms with Crippen molar-refractivity contribution in [2.24, 2.45) is 0 Å². The second kappa shape index (κ2) is 5.19. The molecular formula is C14H9ClN2O2S. The maximum atomic E-state index is 11.1. The number of carboxylic acids is 1. The van der Waals surface area contributed by atoms with Crippen LogP contribution in [-0.4, -0.2) is 20.0 Å². The van der Waals surface area contributed by atoms with E-state index in [0.29, 0.717) is 5.52 Å². The van der Waals surface area contributed by atoms with Gasteiger partial charge in [-0.1, -0.05) is 29.8 Å². The van der Waals surface area contributed by atoms with Gasteiger partial charge in [-0.05, 0) is 36.2 Å². The SMILES string of the molecule is O=C(O)c1cc2c(ccn2Sc2ccccc2)nc1Cl. The van der Waals surface area contributed by atoms with Gasteiger partial charge in [0.1, 0.15) is 5.15 Å². The van der Waals surface area contributed by atoms with Gasteiger partial charge in [0.25, 0.3) is 0 Å². The van der Waals surface area contributed by atoms with Crippen molar-refractivity contribution in [3.8, 4) is 0 Å². The molecule has 0 amide bonds. The van der Waals surface area contributed by atoms with E-state index in [-0.39, 0.29) is 10.7 Å².